The van der Waals surface area contributed by atoms with E-state index in [4.69, 9.17) is 0 Å². The average Bonchev–Trinajstić information content (AvgIpc) is 2.33. The largest absolute Gasteiger partial charge is 0.481 e. The molecule has 0 atom stereocenters. The number of benzene rings is 1. The Balaban J connectivity index is 3.10. The van der Waals surface area contributed by atoms with Crippen LogP contribution in [0.3, 0.4) is 0 Å². The summed E-state index contributed by atoms with van der Waals surface area (Å²) >= 11 is 3.50. The van der Waals surface area contributed by atoms with Gasteiger partial charge < -0.3 is 10.2 Å². The second kappa shape index (κ2) is 6.18. The summed E-state index contributed by atoms with van der Waals surface area (Å²) in [5.74, 6) is -1.71. The van der Waals surface area contributed by atoms with Crippen LogP contribution in [0.25, 0.3) is 0 Å². The van der Waals surface area contributed by atoms with Gasteiger partial charge in [-0.3, -0.25) is 9.59 Å². The summed E-state index contributed by atoms with van der Waals surface area (Å²) in [6.07, 6.45) is 0.758. The van der Waals surface area contributed by atoms with Gasteiger partial charge >= 0.3 is 11.9 Å². The minimum absolute atomic E-state index is 0.379. The molecular weight excluding hydrogens is 336 g/mol. The Hall–Kier alpha value is -1.36. The Kier molecular flexibility index (Phi) is 5.20. The predicted molar refractivity (Wildman–Crippen MR) is 84.4 cm³/mol. The molecule has 21 heavy (non-hydrogen) atoms. The molecule has 0 amide bonds. The van der Waals surface area contributed by atoms with Crippen molar-refractivity contribution >= 4 is 27.9 Å². The van der Waals surface area contributed by atoms with Crippen LogP contribution in [0.4, 0.5) is 0 Å². The summed E-state index contributed by atoms with van der Waals surface area (Å²) in [5.41, 5.74) is 0.00888. The van der Waals surface area contributed by atoms with E-state index in [0.717, 1.165) is 15.6 Å². The van der Waals surface area contributed by atoms with Crippen molar-refractivity contribution in [1.82, 2.24) is 0 Å². The van der Waals surface area contributed by atoms with Crippen LogP contribution in [0, 0.1) is 10.8 Å². The first-order chi connectivity index (χ1) is 9.47. The minimum atomic E-state index is -0.872. The molecule has 0 aliphatic carbocycles. The quantitative estimate of drug-likeness (QED) is 0.813. The number of carboxylic acids is 2. The molecule has 5 heteroatoms. The molecule has 0 bridgehead atoms. The van der Waals surface area contributed by atoms with Crippen molar-refractivity contribution in [3.05, 3.63) is 33.8 Å². The topological polar surface area (TPSA) is 74.6 Å². The van der Waals surface area contributed by atoms with E-state index in [1.807, 2.05) is 18.2 Å². The lowest BCUT2D eigenvalue weighted by molar-refractivity contribution is -0.147. The smallest absolute Gasteiger partial charge is 0.309 e. The van der Waals surface area contributed by atoms with Crippen LogP contribution < -0.4 is 0 Å². The van der Waals surface area contributed by atoms with Crippen LogP contribution in [0.2, 0.25) is 0 Å². The van der Waals surface area contributed by atoms with Gasteiger partial charge in [0.1, 0.15) is 0 Å². The molecule has 0 radical (unpaired) electrons. The molecule has 0 heterocycles. The van der Waals surface area contributed by atoms with Crippen molar-refractivity contribution in [1.29, 1.82) is 0 Å². The van der Waals surface area contributed by atoms with E-state index in [1.165, 1.54) is 0 Å². The number of rotatable bonds is 6. The summed E-state index contributed by atoms with van der Waals surface area (Å²) in [7, 11) is 0. The Morgan fingerprint density at radius 1 is 0.952 bits per heavy atom. The van der Waals surface area contributed by atoms with Gasteiger partial charge in [-0.15, -0.1) is 0 Å². The standard InChI is InChI=1S/C16H21BrO4/c1-15(2,13(18)19)8-10-6-5-7-11(12(10)17)9-16(3,4)14(20)21/h5-7H,8-9H2,1-4H3,(H,18,19)(H,20,21). The molecule has 116 valence electrons. The number of halogens is 1. The second-order valence-electron chi connectivity index (χ2n) is 6.62. The van der Waals surface area contributed by atoms with E-state index in [2.05, 4.69) is 15.9 Å². The third-order valence-electron chi connectivity index (χ3n) is 3.58. The summed E-state index contributed by atoms with van der Waals surface area (Å²) in [6.45, 7) is 6.70. The normalized spacial score (nSPS) is 12.2. The number of carboxylic acid groups (broad SMARTS) is 2. The molecule has 2 N–H and O–H groups in total. The lowest BCUT2D eigenvalue weighted by Gasteiger charge is -2.23. The average molecular weight is 357 g/mol. The van der Waals surface area contributed by atoms with Crippen molar-refractivity contribution in [2.24, 2.45) is 10.8 Å². The highest BCUT2D eigenvalue weighted by Gasteiger charge is 2.31. The first-order valence-electron chi connectivity index (χ1n) is 6.70. The monoisotopic (exact) mass is 356 g/mol. The third-order valence-corrected chi connectivity index (χ3v) is 4.60. The Morgan fingerprint density at radius 2 is 1.29 bits per heavy atom. The summed E-state index contributed by atoms with van der Waals surface area (Å²) in [4.78, 5) is 22.5. The Bertz CT molecular complexity index is 515. The maximum atomic E-state index is 11.2. The molecular formula is C16H21BrO4. The van der Waals surface area contributed by atoms with Crippen molar-refractivity contribution in [3.63, 3.8) is 0 Å². The molecule has 0 saturated carbocycles. The van der Waals surface area contributed by atoms with Gasteiger partial charge in [0.05, 0.1) is 10.8 Å². The SMILES string of the molecule is CC(C)(Cc1cccc(CC(C)(C)C(=O)O)c1Br)C(=O)O. The molecule has 0 fully saturated rings. The zero-order valence-corrected chi connectivity index (χ0v) is 14.3. The van der Waals surface area contributed by atoms with Gasteiger partial charge in [-0.2, -0.15) is 0 Å². The minimum Gasteiger partial charge on any atom is -0.481 e. The van der Waals surface area contributed by atoms with Crippen molar-refractivity contribution in [3.8, 4) is 0 Å². The predicted octanol–water partition coefficient (Wildman–Crippen LogP) is 3.76. The summed E-state index contributed by atoms with van der Waals surface area (Å²) in [5, 5.41) is 18.5. The zero-order chi connectivity index (χ0) is 16.4. The number of hydrogen-bond acceptors (Lipinski definition) is 2. The number of hydrogen-bond donors (Lipinski definition) is 2. The lowest BCUT2D eigenvalue weighted by Crippen LogP contribution is -2.27. The maximum absolute atomic E-state index is 11.2. The zero-order valence-electron chi connectivity index (χ0n) is 12.7. The second-order valence-corrected chi connectivity index (χ2v) is 7.41. The fourth-order valence-corrected chi connectivity index (χ4v) is 2.55. The van der Waals surface area contributed by atoms with Gasteiger partial charge in [0.25, 0.3) is 0 Å². The maximum Gasteiger partial charge on any atom is 0.309 e. The molecule has 0 aliphatic heterocycles. The van der Waals surface area contributed by atoms with Gasteiger partial charge in [-0.05, 0) is 51.7 Å². The molecule has 1 rings (SSSR count). The van der Waals surface area contributed by atoms with Crippen LogP contribution in [0.15, 0.2) is 22.7 Å². The molecule has 0 spiro atoms. The highest BCUT2D eigenvalue weighted by atomic mass is 79.9. The van der Waals surface area contributed by atoms with Gasteiger partial charge in [0.2, 0.25) is 0 Å². The lowest BCUT2D eigenvalue weighted by atomic mass is 9.83. The summed E-state index contributed by atoms with van der Waals surface area (Å²) < 4.78 is 0.800. The molecule has 0 unspecified atom stereocenters. The highest BCUT2D eigenvalue weighted by Crippen LogP contribution is 2.32. The van der Waals surface area contributed by atoms with Gasteiger partial charge in [-0.1, -0.05) is 34.1 Å². The van der Waals surface area contributed by atoms with Crippen LogP contribution in [0.1, 0.15) is 38.8 Å². The van der Waals surface area contributed by atoms with E-state index in [9.17, 15) is 19.8 Å². The Labute approximate surface area is 133 Å². The van der Waals surface area contributed by atoms with Crippen LogP contribution >= 0.6 is 15.9 Å². The van der Waals surface area contributed by atoms with Crippen molar-refractivity contribution in [2.45, 2.75) is 40.5 Å². The van der Waals surface area contributed by atoms with E-state index >= 15 is 0 Å². The third kappa shape index (κ3) is 4.30. The fourth-order valence-electron chi connectivity index (χ4n) is 2.01. The number of aliphatic carboxylic acids is 2. The van der Waals surface area contributed by atoms with Crippen LogP contribution in [0.5, 0.6) is 0 Å². The molecule has 0 aromatic heterocycles. The van der Waals surface area contributed by atoms with Crippen LogP contribution in [-0.2, 0) is 22.4 Å². The van der Waals surface area contributed by atoms with Gasteiger partial charge in [0, 0.05) is 4.47 Å². The Morgan fingerprint density at radius 3 is 1.57 bits per heavy atom. The van der Waals surface area contributed by atoms with Gasteiger partial charge in [0.15, 0.2) is 0 Å². The van der Waals surface area contributed by atoms with Crippen molar-refractivity contribution < 1.29 is 19.8 Å². The van der Waals surface area contributed by atoms with Gasteiger partial charge in [-0.25, -0.2) is 0 Å². The van der Waals surface area contributed by atoms with E-state index in [0.29, 0.717) is 12.8 Å². The van der Waals surface area contributed by atoms with E-state index in [1.54, 1.807) is 27.7 Å². The highest BCUT2D eigenvalue weighted by molar-refractivity contribution is 9.10. The summed E-state index contributed by atoms with van der Waals surface area (Å²) in [6, 6.07) is 5.57. The van der Waals surface area contributed by atoms with E-state index in [-0.39, 0.29) is 0 Å². The molecule has 4 nitrogen and oxygen atoms in total. The van der Waals surface area contributed by atoms with Crippen molar-refractivity contribution in [2.75, 3.05) is 0 Å². The molecule has 0 saturated heterocycles. The molecule has 0 aliphatic rings. The van der Waals surface area contributed by atoms with Crippen LogP contribution in [-0.4, -0.2) is 22.2 Å². The first-order valence-corrected chi connectivity index (χ1v) is 7.50. The number of carbonyl (C=O) groups is 2. The van der Waals surface area contributed by atoms with E-state index < -0.39 is 22.8 Å². The fraction of sp³-hybridized carbons (Fsp3) is 0.500. The molecule has 1 aromatic rings. The first kappa shape index (κ1) is 17.7. The molecule has 1 aromatic carbocycles.